The molecule has 3 aromatic rings. The first-order chi connectivity index (χ1) is 13.5. The van der Waals surface area contributed by atoms with Crippen LogP contribution in [0.15, 0.2) is 88.0 Å². The SMILES string of the molecule is Cc1ccc(C2=N/C(=C/c3ccc(Br)cc3)C(=O)N2c2ccc(C)cc2)cc1. The number of amidine groups is 1. The average molecular weight is 431 g/mol. The Morgan fingerprint density at radius 1 is 0.821 bits per heavy atom. The zero-order valence-corrected chi connectivity index (χ0v) is 17.3. The zero-order chi connectivity index (χ0) is 19.7. The van der Waals surface area contributed by atoms with Crippen LogP contribution in [0, 0.1) is 13.8 Å². The first kappa shape index (κ1) is 18.4. The predicted octanol–water partition coefficient (Wildman–Crippen LogP) is 5.90. The van der Waals surface area contributed by atoms with Gasteiger partial charge in [-0.2, -0.15) is 0 Å². The van der Waals surface area contributed by atoms with Crippen LogP contribution in [0.4, 0.5) is 5.69 Å². The third kappa shape index (κ3) is 3.69. The molecule has 1 heterocycles. The highest BCUT2D eigenvalue weighted by Gasteiger charge is 2.32. The Hall–Kier alpha value is -2.98. The van der Waals surface area contributed by atoms with Gasteiger partial charge in [0.15, 0.2) is 0 Å². The Labute approximate surface area is 173 Å². The summed E-state index contributed by atoms with van der Waals surface area (Å²) in [6, 6.07) is 23.8. The minimum absolute atomic E-state index is 0.123. The lowest BCUT2D eigenvalue weighted by molar-refractivity contribution is -0.113. The number of aliphatic imine (C=N–C) groups is 1. The fraction of sp³-hybridized carbons (Fsp3) is 0.0833. The second-order valence-corrected chi connectivity index (χ2v) is 7.77. The monoisotopic (exact) mass is 430 g/mol. The largest absolute Gasteiger partial charge is 0.282 e. The summed E-state index contributed by atoms with van der Waals surface area (Å²) < 4.78 is 0.998. The van der Waals surface area contributed by atoms with Crippen LogP contribution in [-0.4, -0.2) is 11.7 Å². The van der Waals surface area contributed by atoms with E-state index >= 15 is 0 Å². The van der Waals surface area contributed by atoms with E-state index in [1.165, 1.54) is 5.56 Å². The lowest BCUT2D eigenvalue weighted by atomic mass is 10.1. The van der Waals surface area contributed by atoms with Gasteiger partial charge in [0.2, 0.25) is 0 Å². The molecule has 138 valence electrons. The normalized spacial score (nSPS) is 15.2. The molecule has 3 aromatic carbocycles. The predicted molar refractivity (Wildman–Crippen MR) is 119 cm³/mol. The molecule has 0 N–H and O–H groups in total. The molecule has 28 heavy (non-hydrogen) atoms. The Kier molecular flexibility index (Phi) is 4.97. The van der Waals surface area contributed by atoms with Gasteiger partial charge in [-0.05, 0) is 49.8 Å². The van der Waals surface area contributed by atoms with Crippen LogP contribution >= 0.6 is 15.9 Å². The Bertz CT molecular complexity index is 1080. The van der Waals surface area contributed by atoms with Gasteiger partial charge >= 0.3 is 0 Å². The van der Waals surface area contributed by atoms with E-state index in [9.17, 15) is 4.79 Å². The van der Waals surface area contributed by atoms with E-state index in [4.69, 9.17) is 4.99 Å². The van der Waals surface area contributed by atoms with Gasteiger partial charge in [-0.25, -0.2) is 4.99 Å². The highest BCUT2D eigenvalue weighted by molar-refractivity contribution is 9.10. The molecule has 1 aliphatic heterocycles. The number of rotatable bonds is 3. The molecular weight excluding hydrogens is 412 g/mol. The Balaban J connectivity index is 1.81. The van der Waals surface area contributed by atoms with Crippen molar-refractivity contribution in [2.75, 3.05) is 4.90 Å². The molecule has 0 aromatic heterocycles. The van der Waals surface area contributed by atoms with Crippen molar-refractivity contribution in [3.63, 3.8) is 0 Å². The molecule has 1 aliphatic rings. The summed E-state index contributed by atoms with van der Waals surface area (Å²) in [6.07, 6.45) is 1.83. The fourth-order valence-corrected chi connectivity index (χ4v) is 3.33. The molecule has 0 saturated carbocycles. The van der Waals surface area contributed by atoms with E-state index < -0.39 is 0 Å². The number of anilines is 1. The van der Waals surface area contributed by atoms with Crippen LogP contribution in [0.25, 0.3) is 6.08 Å². The summed E-state index contributed by atoms with van der Waals surface area (Å²) in [4.78, 5) is 19.6. The minimum Gasteiger partial charge on any atom is -0.266 e. The van der Waals surface area contributed by atoms with Crippen LogP contribution in [0.2, 0.25) is 0 Å². The summed E-state index contributed by atoms with van der Waals surface area (Å²) >= 11 is 3.44. The van der Waals surface area contributed by atoms with Crippen molar-refractivity contribution in [2.45, 2.75) is 13.8 Å². The maximum atomic E-state index is 13.2. The van der Waals surface area contributed by atoms with Crippen LogP contribution in [0.5, 0.6) is 0 Å². The van der Waals surface area contributed by atoms with E-state index in [1.807, 2.05) is 92.7 Å². The molecule has 0 spiro atoms. The smallest absolute Gasteiger partial charge is 0.266 e. The van der Waals surface area contributed by atoms with E-state index in [-0.39, 0.29) is 5.91 Å². The van der Waals surface area contributed by atoms with Crippen LogP contribution in [0.3, 0.4) is 0 Å². The molecule has 0 bridgehead atoms. The van der Waals surface area contributed by atoms with Gasteiger partial charge in [0.05, 0.1) is 5.69 Å². The fourth-order valence-electron chi connectivity index (χ4n) is 3.06. The molecule has 0 unspecified atom stereocenters. The number of hydrogen-bond donors (Lipinski definition) is 0. The number of hydrogen-bond acceptors (Lipinski definition) is 2. The molecule has 4 heteroatoms. The van der Waals surface area contributed by atoms with Crippen LogP contribution in [-0.2, 0) is 4.79 Å². The summed E-state index contributed by atoms with van der Waals surface area (Å²) in [6.45, 7) is 4.07. The van der Waals surface area contributed by atoms with Crippen LogP contribution < -0.4 is 4.90 Å². The van der Waals surface area contributed by atoms with Crippen molar-refractivity contribution in [1.82, 2.24) is 0 Å². The van der Waals surface area contributed by atoms with E-state index in [1.54, 1.807) is 4.90 Å². The number of aryl methyl sites for hydroxylation is 2. The van der Waals surface area contributed by atoms with E-state index in [0.29, 0.717) is 11.5 Å². The molecule has 0 radical (unpaired) electrons. The topological polar surface area (TPSA) is 32.7 Å². The third-order valence-electron chi connectivity index (χ3n) is 4.64. The Morgan fingerprint density at radius 3 is 2.00 bits per heavy atom. The number of amides is 1. The van der Waals surface area contributed by atoms with Crippen molar-refractivity contribution in [1.29, 1.82) is 0 Å². The van der Waals surface area contributed by atoms with Crippen molar-refractivity contribution in [3.05, 3.63) is 105 Å². The molecule has 0 atom stereocenters. The maximum Gasteiger partial charge on any atom is 0.282 e. The number of halogens is 1. The third-order valence-corrected chi connectivity index (χ3v) is 5.16. The van der Waals surface area contributed by atoms with Crippen molar-refractivity contribution < 1.29 is 4.79 Å². The molecule has 4 rings (SSSR count). The molecule has 0 fully saturated rings. The first-order valence-corrected chi connectivity index (χ1v) is 9.85. The molecular formula is C24H19BrN2O. The average Bonchev–Trinajstić information content (AvgIpc) is 3.01. The van der Waals surface area contributed by atoms with Crippen molar-refractivity contribution >= 4 is 39.4 Å². The van der Waals surface area contributed by atoms with Gasteiger partial charge in [0, 0.05) is 10.0 Å². The second-order valence-electron chi connectivity index (χ2n) is 6.86. The van der Waals surface area contributed by atoms with Gasteiger partial charge in [-0.3, -0.25) is 9.69 Å². The van der Waals surface area contributed by atoms with E-state index in [2.05, 4.69) is 15.9 Å². The van der Waals surface area contributed by atoms with Gasteiger partial charge in [0.1, 0.15) is 11.5 Å². The molecule has 1 amide bonds. The number of nitrogens with zero attached hydrogens (tertiary/aromatic N) is 2. The summed E-state index contributed by atoms with van der Waals surface area (Å²) in [5.41, 5.74) is 5.41. The molecule has 3 nitrogen and oxygen atoms in total. The minimum atomic E-state index is -0.123. The number of carbonyl (C=O) groups is 1. The number of carbonyl (C=O) groups excluding carboxylic acids is 1. The van der Waals surface area contributed by atoms with Crippen molar-refractivity contribution in [2.24, 2.45) is 4.99 Å². The number of benzene rings is 3. The van der Waals surface area contributed by atoms with Gasteiger partial charge in [0.25, 0.3) is 5.91 Å². The lowest BCUT2D eigenvalue weighted by Gasteiger charge is -2.19. The summed E-state index contributed by atoms with van der Waals surface area (Å²) in [7, 11) is 0. The molecule has 0 aliphatic carbocycles. The van der Waals surface area contributed by atoms with Crippen molar-refractivity contribution in [3.8, 4) is 0 Å². The second kappa shape index (κ2) is 7.56. The maximum absolute atomic E-state index is 13.2. The summed E-state index contributed by atoms with van der Waals surface area (Å²) in [5, 5.41) is 0. The van der Waals surface area contributed by atoms with E-state index in [0.717, 1.165) is 26.9 Å². The first-order valence-electron chi connectivity index (χ1n) is 9.05. The van der Waals surface area contributed by atoms with Gasteiger partial charge in [-0.1, -0.05) is 75.6 Å². The standard InChI is InChI=1S/C24H19BrN2O/c1-16-3-9-19(10-4-16)23-26-22(15-18-7-11-20(25)12-8-18)24(28)27(23)21-13-5-17(2)6-14-21/h3-15H,1-2H3/b22-15+. The zero-order valence-electron chi connectivity index (χ0n) is 15.7. The lowest BCUT2D eigenvalue weighted by Crippen LogP contribution is -2.32. The molecule has 0 saturated heterocycles. The quantitative estimate of drug-likeness (QED) is 0.476. The van der Waals surface area contributed by atoms with Gasteiger partial charge < -0.3 is 0 Å². The van der Waals surface area contributed by atoms with Gasteiger partial charge in [-0.15, -0.1) is 0 Å². The highest BCUT2D eigenvalue weighted by atomic mass is 79.9. The highest BCUT2D eigenvalue weighted by Crippen LogP contribution is 2.28. The van der Waals surface area contributed by atoms with Crippen LogP contribution in [0.1, 0.15) is 22.3 Å². The Morgan fingerprint density at radius 2 is 1.39 bits per heavy atom. The summed E-state index contributed by atoms with van der Waals surface area (Å²) in [5.74, 6) is 0.527.